The van der Waals surface area contributed by atoms with Crippen molar-refractivity contribution in [3.8, 4) is 0 Å². The third-order valence-electron chi connectivity index (χ3n) is 3.51. The maximum absolute atomic E-state index is 11.6. The van der Waals surface area contributed by atoms with Gasteiger partial charge in [-0.15, -0.1) is 0 Å². The molecule has 0 spiro atoms. The van der Waals surface area contributed by atoms with Gasteiger partial charge in [-0.25, -0.2) is 5.43 Å². The predicted molar refractivity (Wildman–Crippen MR) is 97.1 cm³/mol. The molecule has 0 aromatic heterocycles. The molecule has 0 aliphatic rings. The van der Waals surface area contributed by atoms with Gasteiger partial charge < -0.3 is 0 Å². The monoisotopic (exact) mass is 366 g/mol. The largest absolute Gasteiger partial charge is 0.273 e. The molecule has 1 aromatic rings. The van der Waals surface area contributed by atoms with E-state index >= 15 is 0 Å². The van der Waals surface area contributed by atoms with E-state index < -0.39 is 0 Å². The van der Waals surface area contributed by atoms with Gasteiger partial charge in [-0.05, 0) is 24.1 Å². The number of halogens is 1. The number of amides is 1. The normalized spacial score (nSPS) is 11.0. The average Bonchev–Trinajstić information content (AvgIpc) is 2.50. The number of carbonyl (C=O) groups is 1. The Morgan fingerprint density at radius 2 is 1.82 bits per heavy atom. The van der Waals surface area contributed by atoms with Gasteiger partial charge >= 0.3 is 0 Å². The number of benzene rings is 1. The van der Waals surface area contributed by atoms with E-state index in [-0.39, 0.29) is 5.91 Å². The summed E-state index contributed by atoms with van der Waals surface area (Å²) in [6.07, 6.45) is 12.2. The van der Waals surface area contributed by atoms with Crippen LogP contribution in [0.2, 0.25) is 0 Å². The molecule has 0 aliphatic heterocycles. The first-order chi connectivity index (χ1) is 10.7. The second kappa shape index (κ2) is 12.4. The van der Waals surface area contributed by atoms with Crippen LogP contribution in [-0.4, -0.2) is 12.1 Å². The van der Waals surface area contributed by atoms with Crippen molar-refractivity contribution >= 4 is 28.1 Å². The molecular formula is C18H27BrN2O. The second-order valence-electron chi connectivity index (χ2n) is 5.57. The molecule has 0 saturated carbocycles. The molecule has 1 aromatic carbocycles. The van der Waals surface area contributed by atoms with Gasteiger partial charge in [0.25, 0.3) is 0 Å². The van der Waals surface area contributed by atoms with Crippen LogP contribution < -0.4 is 5.43 Å². The van der Waals surface area contributed by atoms with Crippen LogP contribution in [0.25, 0.3) is 0 Å². The molecule has 0 unspecified atom stereocenters. The standard InChI is InChI=1S/C18H27BrN2O/c1-2-3-4-5-6-7-8-9-13-18(22)21-20-15-16-11-10-12-17(19)14-16/h10-12,14-15H,2-9,13H2,1H3,(H,21,22)/b20-15+. The highest BCUT2D eigenvalue weighted by molar-refractivity contribution is 9.10. The highest BCUT2D eigenvalue weighted by Gasteiger charge is 1.99. The minimum atomic E-state index is -0.00257. The van der Waals surface area contributed by atoms with Crippen LogP contribution in [-0.2, 0) is 4.79 Å². The third kappa shape index (κ3) is 9.72. The van der Waals surface area contributed by atoms with E-state index in [0.717, 1.165) is 22.9 Å². The van der Waals surface area contributed by atoms with Crippen molar-refractivity contribution in [1.82, 2.24) is 5.43 Å². The van der Waals surface area contributed by atoms with Crippen LogP contribution in [0.1, 0.15) is 70.3 Å². The van der Waals surface area contributed by atoms with Gasteiger partial charge in [0.05, 0.1) is 6.21 Å². The van der Waals surface area contributed by atoms with Gasteiger partial charge in [0, 0.05) is 10.9 Å². The van der Waals surface area contributed by atoms with Crippen molar-refractivity contribution in [1.29, 1.82) is 0 Å². The summed E-state index contributed by atoms with van der Waals surface area (Å²) in [5, 5.41) is 3.99. The smallest absolute Gasteiger partial charge is 0.240 e. The molecule has 3 nitrogen and oxygen atoms in total. The highest BCUT2D eigenvalue weighted by atomic mass is 79.9. The number of nitrogens with one attached hydrogen (secondary N) is 1. The molecule has 22 heavy (non-hydrogen) atoms. The van der Waals surface area contributed by atoms with E-state index in [1.165, 1.54) is 38.5 Å². The van der Waals surface area contributed by atoms with Gasteiger partial charge in [-0.1, -0.05) is 79.9 Å². The first kappa shape index (κ1) is 18.9. The van der Waals surface area contributed by atoms with Crippen molar-refractivity contribution < 1.29 is 4.79 Å². The number of hydrogen-bond donors (Lipinski definition) is 1. The molecule has 0 bridgehead atoms. The van der Waals surface area contributed by atoms with Crippen molar-refractivity contribution in [3.63, 3.8) is 0 Å². The summed E-state index contributed by atoms with van der Waals surface area (Å²) in [4.78, 5) is 11.6. The summed E-state index contributed by atoms with van der Waals surface area (Å²) in [6, 6.07) is 7.79. The van der Waals surface area contributed by atoms with E-state index in [1.54, 1.807) is 6.21 Å². The van der Waals surface area contributed by atoms with Crippen molar-refractivity contribution in [2.24, 2.45) is 5.10 Å². The zero-order chi connectivity index (χ0) is 16.0. The zero-order valence-electron chi connectivity index (χ0n) is 13.5. The van der Waals surface area contributed by atoms with E-state index in [4.69, 9.17) is 0 Å². The summed E-state index contributed by atoms with van der Waals surface area (Å²) in [6.45, 7) is 2.23. The molecular weight excluding hydrogens is 340 g/mol. The molecule has 1 amide bonds. The van der Waals surface area contributed by atoms with E-state index in [2.05, 4.69) is 33.4 Å². The van der Waals surface area contributed by atoms with Gasteiger partial charge in [-0.2, -0.15) is 5.10 Å². The zero-order valence-corrected chi connectivity index (χ0v) is 15.1. The lowest BCUT2D eigenvalue weighted by atomic mass is 10.1. The van der Waals surface area contributed by atoms with Crippen LogP contribution in [0, 0.1) is 0 Å². The number of carbonyl (C=O) groups excluding carboxylic acids is 1. The molecule has 4 heteroatoms. The highest BCUT2D eigenvalue weighted by Crippen LogP contribution is 2.10. The summed E-state index contributed by atoms with van der Waals surface area (Å²) in [7, 11) is 0. The number of unbranched alkanes of at least 4 members (excludes halogenated alkanes) is 7. The van der Waals surface area contributed by atoms with Crippen LogP contribution in [0.5, 0.6) is 0 Å². The molecule has 0 aliphatic carbocycles. The first-order valence-corrected chi connectivity index (χ1v) is 9.09. The fourth-order valence-electron chi connectivity index (χ4n) is 2.24. The Bertz CT molecular complexity index is 460. The minimum absolute atomic E-state index is 0.00257. The predicted octanol–water partition coefficient (Wildman–Crippen LogP) is 5.43. The van der Waals surface area contributed by atoms with Gasteiger partial charge in [0.15, 0.2) is 0 Å². The fraction of sp³-hybridized carbons (Fsp3) is 0.556. The molecule has 0 atom stereocenters. The molecule has 0 saturated heterocycles. The lowest BCUT2D eigenvalue weighted by Gasteiger charge is -2.01. The SMILES string of the molecule is CCCCCCCCCCC(=O)N/N=C/c1cccc(Br)c1. The van der Waals surface area contributed by atoms with Gasteiger partial charge in [0.1, 0.15) is 0 Å². The fourth-order valence-corrected chi connectivity index (χ4v) is 2.66. The summed E-state index contributed by atoms with van der Waals surface area (Å²) < 4.78 is 1.00. The van der Waals surface area contributed by atoms with E-state index in [9.17, 15) is 4.79 Å². The number of hydrazone groups is 1. The Balaban J connectivity index is 2.04. The lowest BCUT2D eigenvalue weighted by Crippen LogP contribution is -2.16. The molecule has 1 N–H and O–H groups in total. The van der Waals surface area contributed by atoms with Gasteiger partial charge in [-0.3, -0.25) is 4.79 Å². The minimum Gasteiger partial charge on any atom is -0.273 e. The quantitative estimate of drug-likeness (QED) is 0.316. The van der Waals surface area contributed by atoms with Crippen molar-refractivity contribution in [2.45, 2.75) is 64.7 Å². The number of hydrogen-bond acceptors (Lipinski definition) is 2. The average molecular weight is 367 g/mol. The number of nitrogens with zero attached hydrogens (tertiary/aromatic N) is 1. The van der Waals surface area contributed by atoms with Crippen molar-refractivity contribution in [2.75, 3.05) is 0 Å². The van der Waals surface area contributed by atoms with Crippen molar-refractivity contribution in [3.05, 3.63) is 34.3 Å². The Kier molecular flexibility index (Phi) is 10.6. The lowest BCUT2D eigenvalue weighted by molar-refractivity contribution is -0.121. The van der Waals surface area contributed by atoms with E-state index in [1.807, 2.05) is 24.3 Å². The molecule has 0 radical (unpaired) electrons. The number of rotatable bonds is 11. The van der Waals surface area contributed by atoms with Crippen LogP contribution in [0.15, 0.2) is 33.8 Å². The topological polar surface area (TPSA) is 41.5 Å². The summed E-state index contributed by atoms with van der Waals surface area (Å²) in [5.74, 6) is -0.00257. The Hall–Kier alpha value is -1.16. The molecule has 122 valence electrons. The molecule has 0 fully saturated rings. The maximum atomic E-state index is 11.6. The third-order valence-corrected chi connectivity index (χ3v) is 4.00. The van der Waals surface area contributed by atoms with Crippen LogP contribution in [0.4, 0.5) is 0 Å². The van der Waals surface area contributed by atoms with Gasteiger partial charge in [0.2, 0.25) is 5.91 Å². The summed E-state index contributed by atoms with van der Waals surface area (Å²) >= 11 is 3.40. The second-order valence-corrected chi connectivity index (χ2v) is 6.49. The maximum Gasteiger partial charge on any atom is 0.240 e. The molecule has 1 rings (SSSR count). The van der Waals surface area contributed by atoms with E-state index in [0.29, 0.717) is 6.42 Å². The Labute approximate surface area is 142 Å². The summed E-state index contributed by atoms with van der Waals surface area (Å²) in [5.41, 5.74) is 3.54. The van der Waals surface area contributed by atoms with Crippen LogP contribution >= 0.6 is 15.9 Å². The molecule has 0 heterocycles. The Morgan fingerprint density at radius 1 is 1.14 bits per heavy atom. The Morgan fingerprint density at radius 3 is 2.50 bits per heavy atom. The van der Waals surface area contributed by atoms with Crippen LogP contribution in [0.3, 0.4) is 0 Å². The first-order valence-electron chi connectivity index (χ1n) is 8.30.